The molecule has 8 heteroatoms. The van der Waals surface area contributed by atoms with Crippen LogP contribution in [0.2, 0.25) is 0 Å². The highest BCUT2D eigenvalue weighted by Crippen LogP contribution is 2.41. The van der Waals surface area contributed by atoms with Gasteiger partial charge in [-0.3, -0.25) is 9.59 Å². The molecule has 0 amide bonds. The minimum atomic E-state index is -0.569. The Balaban J connectivity index is 0.00000260. The van der Waals surface area contributed by atoms with Crippen molar-refractivity contribution in [2.45, 2.75) is 143 Å². The first-order valence-corrected chi connectivity index (χ1v) is 16.6. The molecule has 0 aliphatic heterocycles. The molecule has 266 valence electrons. The normalized spacial score (nSPS) is 13.0. The van der Waals surface area contributed by atoms with Crippen molar-refractivity contribution >= 4 is 11.9 Å². The Morgan fingerprint density at radius 3 is 1.17 bits per heavy atom. The number of aryl methyl sites for hydroxylation is 2. The van der Waals surface area contributed by atoms with Crippen molar-refractivity contribution < 1.29 is 39.5 Å². The van der Waals surface area contributed by atoms with Crippen LogP contribution in [0.25, 0.3) is 0 Å². The zero-order valence-corrected chi connectivity index (χ0v) is 31.3. The molecule has 0 spiro atoms. The van der Waals surface area contributed by atoms with Gasteiger partial charge in [0.15, 0.2) is 0 Å². The molecule has 0 aromatic heterocycles. The first kappa shape index (κ1) is 41.9. The summed E-state index contributed by atoms with van der Waals surface area (Å²) in [5.41, 5.74) is 4.42. The second-order valence-electron chi connectivity index (χ2n) is 16.5. The Bertz CT molecular complexity index is 1260. The number of aliphatic hydroxyl groups is 2. The van der Waals surface area contributed by atoms with E-state index in [-0.39, 0.29) is 66.3 Å². The van der Waals surface area contributed by atoms with Gasteiger partial charge in [0.25, 0.3) is 0 Å². The van der Waals surface area contributed by atoms with Crippen molar-refractivity contribution in [1.29, 1.82) is 0 Å². The van der Waals surface area contributed by atoms with Gasteiger partial charge in [-0.05, 0) is 74.8 Å². The van der Waals surface area contributed by atoms with Gasteiger partial charge in [0.1, 0.15) is 24.2 Å². The van der Waals surface area contributed by atoms with Gasteiger partial charge in [-0.15, -0.1) is 0 Å². The summed E-state index contributed by atoms with van der Waals surface area (Å²) >= 11 is 0. The number of ether oxygens (including phenoxy) is 2. The van der Waals surface area contributed by atoms with E-state index in [1.54, 1.807) is 6.92 Å². The Labute approximate surface area is 283 Å². The predicted octanol–water partition coefficient (Wildman–Crippen LogP) is 7.30. The van der Waals surface area contributed by atoms with E-state index in [4.69, 9.17) is 19.7 Å². The van der Waals surface area contributed by atoms with Gasteiger partial charge < -0.3 is 29.9 Å². The second kappa shape index (κ2) is 16.8. The molecule has 0 heterocycles. The van der Waals surface area contributed by atoms with E-state index < -0.39 is 6.10 Å². The van der Waals surface area contributed by atoms with Crippen LogP contribution in [0, 0.1) is 0 Å². The molecular formula is C39H62O8. The number of carbonyl (C=O) groups excluding carboxylic acids is 2. The van der Waals surface area contributed by atoms with Crippen LogP contribution in [0.3, 0.4) is 0 Å². The molecule has 0 fully saturated rings. The third-order valence-electron chi connectivity index (χ3n) is 7.72. The van der Waals surface area contributed by atoms with Crippen molar-refractivity contribution in [3.05, 3.63) is 57.6 Å². The third-order valence-corrected chi connectivity index (χ3v) is 7.72. The lowest BCUT2D eigenvalue weighted by molar-refractivity contribution is -0.157. The molecule has 2 rings (SSSR count). The number of hydrogen-bond donors (Lipinski definition) is 4. The maximum Gasteiger partial charge on any atom is 0.306 e. The number of esters is 2. The largest absolute Gasteiger partial charge is 0.507 e. The summed E-state index contributed by atoms with van der Waals surface area (Å²) in [6.07, 6.45) is 0.770. The fourth-order valence-electron chi connectivity index (χ4n) is 5.06. The van der Waals surface area contributed by atoms with Crippen molar-refractivity contribution in [3.8, 4) is 11.5 Å². The molecule has 0 saturated carbocycles. The maximum absolute atomic E-state index is 12.6. The topological polar surface area (TPSA) is 134 Å². The molecular weight excluding hydrogens is 596 g/mol. The molecule has 2 aromatic carbocycles. The summed E-state index contributed by atoms with van der Waals surface area (Å²) < 4.78 is 11.0. The highest BCUT2D eigenvalue weighted by atomic mass is 16.6. The number of aliphatic hydroxyl groups excluding tert-OH is 2. The number of carbonyl (C=O) groups is 2. The standard InChI is InChI=1S/C37H56O6.C2H6O2/c1-23(43-31(39)17-15-25-20-28(36(8,9)10)33(41)29(21-25)37(11,12)13)22-42-30(38)16-14-24-18-26(34(2,3)4)32(40)27(19-24)35(5,6)7;3-1-2-4/h18-21,23,40-41H,14-17,22H2,1-13H3;3-4H,1-2H2. The van der Waals surface area contributed by atoms with Gasteiger partial charge in [0, 0.05) is 12.8 Å². The van der Waals surface area contributed by atoms with Gasteiger partial charge in [-0.2, -0.15) is 0 Å². The molecule has 8 nitrogen and oxygen atoms in total. The number of benzene rings is 2. The van der Waals surface area contributed by atoms with Crippen LogP contribution in [-0.2, 0) is 53.6 Å². The van der Waals surface area contributed by atoms with Crippen molar-refractivity contribution in [2.75, 3.05) is 19.8 Å². The Morgan fingerprint density at radius 1 is 0.596 bits per heavy atom. The van der Waals surface area contributed by atoms with E-state index in [0.29, 0.717) is 24.3 Å². The van der Waals surface area contributed by atoms with Crippen molar-refractivity contribution in [3.63, 3.8) is 0 Å². The lowest BCUT2D eigenvalue weighted by Gasteiger charge is -2.28. The molecule has 1 unspecified atom stereocenters. The first-order valence-electron chi connectivity index (χ1n) is 16.6. The molecule has 47 heavy (non-hydrogen) atoms. The summed E-state index contributed by atoms with van der Waals surface area (Å²) in [7, 11) is 0. The molecule has 0 bridgehead atoms. The van der Waals surface area contributed by atoms with Crippen LogP contribution in [0.15, 0.2) is 24.3 Å². The van der Waals surface area contributed by atoms with Crippen molar-refractivity contribution in [2.24, 2.45) is 0 Å². The predicted molar refractivity (Wildman–Crippen MR) is 188 cm³/mol. The van der Waals surface area contributed by atoms with E-state index in [1.807, 2.05) is 24.3 Å². The monoisotopic (exact) mass is 658 g/mol. The highest BCUT2D eigenvalue weighted by molar-refractivity contribution is 5.71. The van der Waals surface area contributed by atoms with E-state index in [9.17, 15) is 19.8 Å². The maximum atomic E-state index is 12.6. The minimum absolute atomic E-state index is 0.0117. The summed E-state index contributed by atoms with van der Waals surface area (Å²) in [6.45, 7) is 26.2. The Hall–Kier alpha value is -3.10. The second-order valence-corrected chi connectivity index (χ2v) is 16.5. The summed E-state index contributed by atoms with van der Waals surface area (Å²) in [5.74, 6) is -0.0908. The number of phenolic OH excluding ortho intramolecular Hbond substituents is 2. The van der Waals surface area contributed by atoms with Crippen LogP contribution in [-0.4, -0.2) is 58.3 Å². The highest BCUT2D eigenvalue weighted by Gasteiger charge is 2.28. The summed E-state index contributed by atoms with van der Waals surface area (Å²) in [4.78, 5) is 25.2. The number of hydrogen-bond acceptors (Lipinski definition) is 8. The fourth-order valence-corrected chi connectivity index (χ4v) is 5.06. The van der Waals surface area contributed by atoms with Crippen molar-refractivity contribution in [1.82, 2.24) is 0 Å². The average Bonchev–Trinajstić information content (AvgIpc) is 2.92. The van der Waals surface area contributed by atoms with Gasteiger partial charge in [-0.25, -0.2) is 0 Å². The van der Waals surface area contributed by atoms with Crippen LogP contribution < -0.4 is 0 Å². The van der Waals surface area contributed by atoms with E-state index in [0.717, 1.165) is 33.4 Å². The summed E-state index contributed by atoms with van der Waals surface area (Å²) in [6, 6.07) is 7.91. The molecule has 1 atom stereocenters. The van der Waals surface area contributed by atoms with Gasteiger partial charge >= 0.3 is 11.9 Å². The Morgan fingerprint density at radius 2 is 0.894 bits per heavy atom. The quantitative estimate of drug-likeness (QED) is 0.196. The zero-order valence-electron chi connectivity index (χ0n) is 31.3. The fraction of sp³-hybridized carbons (Fsp3) is 0.641. The number of rotatable bonds is 10. The number of aromatic hydroxyl groups is 2. The van der Waals surface area contributed by atoms with Gasteiger partial charge in [-0.1, -0.05) is 107 Å². The smallest absolute Gasteiger partial charge is 0.306 e. The lowest BCUT2D eigenvalue weighted by atomic mass is 9.78. The van der Waals surface area contributed by atoms with E-state index >= 15 is 0 Å². The molecule has 0 radical (unpaired) electrons. The van der Waals surface area contributed by atoms with Gasteiger partial charge in [0.05, 0.1) is 13.2 Å². The molecule has 2 aromatic rings. The zero-order chi connectivity index (χ0) is 36.5. The van der Waals surface area contributed by atoms with Crippen LogP contribution >= 0.6 is 0 Å². The number of phenols is 2. The molecule has 0 aliphatic rings. The summed E-state index contributed by atoms with van der Waals surface area (Å²) in [5, 5.41) is 37.1. The molecule has 0 aliphatic carbocycles. The van der Waals surface area contributed by atoms with Crippen LogP contribution in [0.4, 0.5) is 0 Å². The van der Waals surface area contributed by atoms with E-state index in [2.05, 4.69) is 83.1 Å². The van der Waals surface area contributed by atoms with Gasteiger partial charge in [0.2, 0.25) is 0 Å². The Kier molecular flexibility index (Phi) is 15.0. The van der Waals surface area contributed by atoms with Crippen LogP contribution in [0.5, 0.6) is 11.5 Å². The van der Waals surface area contributed by atoms with Crippen LogP contribution in [0.1, 0.15) is 136 Å². The third kappa shape index (κ3) is 13.5. The lowest BCUT2D eigenvalue weighted by Crippen LogP contribution is -2.23. The first-order chi connectivity index (χ1) is 21.3. The average molecular weight is 659 g/mol. The van der Waals surface area contributed by atoms with E-state index in [1.165, 1.54) is 0 Å². The SMILES string of the molecule is CC(COC(=O)CCc1cc(C(C)(C)C)c(O)c(C(C)(C)C)c1)OC(=O)CCc1cc(C(C)(C)C)c(O)c(C(C)(C)C)c1.OCCO. The molecule has 0 saturated heterocycles. The molecule has 4 N–H and O–H groups in total. The minimum Gasteiger partial charge on any atom is -0.507 e.